The molecule has 0 saturated carbocycles. The molecule has 0 atom stereocenters. The molecule has 1 aromatic carbocycles. The van der Waals surface area contributed by atoms with Crippen LogP contribution in [0, 0.1) is 0 Å². The fourth-order valence-electron chi connectivity index (χ4n) is 2.08. The van der Waals surface area contributed by atoms with E-state index in [2.05, 4.69) is 38.1 Å². The quantitative estimate of drug-likeness (QED) is 0.754. The van der Waals surface area contributed by atoms with Crippen LogP contribution in [-0.4, -0.2) is 23.6 Å². The summed E-state index contributed by atoms with van der Waals surface area (Å²) in [6.07, 6.45) is 1.00. The van der Waals surface area contributed by atoms with Crippen LogP contribution in [0.25, 0.3) is 10.9 Å². The number of hydrogen-bond donors (Lipinski definition) is 2. The van der Waals surface area contributed by atoms with Crippen LogP contribution >= 0.6 is 11.3 Å². The van der Waals surface area contributed by atoms with Crippen LogP contribution < -0.4 is 10.6 Å². The molecule has 102 valence electrons. The molecule has 0 saturated heterocycles. The van der Waals surface area contributed by atoms with Crippen LogP contribution in [0.5, 0.6) is 0 Å². The second-order valence-electron chi connectivity index (χ2n) is 4.42. The molecule has 0 aliphatic heterocycles. The standard InChI is InChI=1S/C15H16N4S/c1-16-15-18-13-7-3-2-6-12(13)14(19-15)17-9-8-11-5-4-10-20-11/h2-7,10H,8-9H2,1H3,(H2,16,17,18,19). The van der Waals surface area contributed by atoms with Gasteiger partial charge in [-0.1, -0.05) is 18.2 Å². The third kappa shape index (κ3) is 2.72. The summed E-state index contributed by atoms with van der Waals surface area (Å²) in [6, 6.07) is 12.3. The van der Waals surface area contributed by atoms with Crippen molar-refractivity contribution in [2.45, 2.75) is 6.42 Å². The van der Waals surface area contributed by atoms with Crippen molar-refractivity contribution in [3.63, 3.8) is 0 Å². The highest BCUT2D eigenvalue weighted by atomic mass is 32.1. The molecule has 0 fully saturated rings. The number of rotatable bonds is 5. The summed E-state index contributed by atoms with van der Waals surface area (Å²) in [7, 11) is 1.83. The van der Waals surface area contributed by atoms with Crippen LogP contribution in [0.3, 0.4) is 0 Å². The number of hydrogen-bond acceptors (Lipinski definition) is 5. The van der Waals surface area contributed by atoms with Gasteiger partial charge < -0.3 is 10.6 Å². The van der Waals surface area contributed by atoms with Gasteiger partial charge in [-0.25, -0.2) is 4.98 Å². The number of thiophene rings is 1. The highest BCUT2D eigenvalue weighted by molar-refractivity contribution is 7.09. The first-order valence-corrected chi connectivity index (χ1v) is 7.45. The average Bonchev–Trinajstić information content (AvgIpc) is 3.00. The summed E-state index contributed by atoms with van der Waals surface area (Å²) < 4.78 is 0. The lowest BCUT2D eigenvalue weighted by molar-refractivity contribution is 1.03. The SMILES string of the molecule is CNc1nc(NCCc2cccs2)c2ccccc2n1. The van der Waals surface area contributed by atoms with Crippen molar-refractivity contribution in [3.05, 3.63) is 46.7 Å². The van der Waals surface area contributed by atoms with E-state index in [1.54, 1.807) is 11.3 Å². The maximum atomic E-state index is 4.51. The second-order valence-corrected chi connectivity index (χ2v) is 5.45. The largest absolute Gasteiger partial charge is 0.369 e. The maximum absolute atomic E-state index is 4.51. The third-order valence-corrected chi connectivity index (χ3v) is 4.01. The fraction of sp³-hybridized carbons (Fsp3) is 0.200. The van der Waals surface area contributed by atoms with Crippen LogP contribution in [0.15, 0.2) is 41.8 Å². The van der Waals surface area contributed by atoms with Gasteiger partial charge in [-0.3, -0.25) is 0 Å². The lowest BCUT2D eigenvalue weighted by Gasteiger charge is -2.10. The van der Waals surface area contributed by atoms with E-state index in [1.807, 2.05) is 31.3 Å². The normalized spacial score (nSPS) is 10.7. The van der Waals surface area contributed by atoms with Crippen molar-refractivity contribution in [2.75, 3.05) is 24.2 Å². The number of para-hydroxylation sites is 1. The summed E-state index contributed by atoms with van der Waals surface area (Å²) >= 11 is 1.78. The summed E-state index contributed by atoms with van der Waals surface area (Å²) in [5.41, 5.74) is 0.950. The van der Waals surface area contributed by atoms with Crippen molar-refractivity contribution in [3.8, 4) is 0 Å². The molecule has 0 spiro atoms. The van der Waals surface area contributed by atoms with Gasteiger partial charge in [0.2, 0.25) is 5.95 Å². The molecule has 3 rings (SSSR count). The monoisotopic (exact) mass is 284 g/mol. The molecule has 0 aliphatic rings. The number of nitrogens with one attached hydrogen (secondary N) is 2. The Labute approximate surface area is 121 Å². The number of aromatic nitrogens is 2. The second kappa shape index (κ2) is 5.88. The molecule has 20 heavy (non-hydrogen) atoms. The number of nitrogens with zero attached hydrogens (tertiary/aromatic N) is 2. The Bertz CT molecular complexity index is 694. The van der Waals surface area contributed by atoms with Gasteiger partial charge in [0.1, 0.15) is 5.82 Å². The van der Waals surface area contributed by atoms with Gasteiger partial charge in [-0.15, -0.1) is 11.3 Å². The van der Waals surface area contributed by atoms with E-state index in [0.29, 0.717) is 5.95 Å². The van der Waals surface area contributed by atoms with Crippen LogP contribution in [-0.2, 0) is 6.42 Å². The summed E-state index contributed by atoms with van der Waals surface area (Å²) in [4.78, 5) is 10.3. The maximum Gasteiger partial charge on any atom is 0.224 e. The topological polar surface area (TPSA) is 49.8 Å². The molecule has 2 heterocycles. The Morgan fingerprint density at radius 1 is 1.10 bits per heavy atom. The smallest absolute Gasteiger partial charge is 0.224 e. The Hall–Kier alpha value is -2.14. The first-order chi connectivity index (χ1) is 9.86. The minimum Gasteiger partial charge on any atom is -0.369 e. The first-order valence-electron chi connectivity index (χ1n) is 6.57. The molecule has 0 bridgehead atoms. The highest BCUT2D eigenvalue weighted by Crippen LogP contribution is 2.21. The zero-order valence-electron chi connectivity index (χ0n) is 11.3. The summed E-state index contributed by atoms with van der Waals surface area (Å²) in [6.45, 7) is 0.866. The van der Waals surface area contributed by atoms with Crippen molar-refractivity contribution >= 4 is 34.0 Å². The van der Waals surface area contributed by atoms with E-state index in [-0.39, 0.29) is 0 Å². The summed E-state index contributed by atoms with van der Waals surface area (Å²) in [5, 5.41) is 9.58. The van der Waals surface area contributed by atoms with Gasteiger partial charge in [-0.2, -0.15) is 4.98 Å². The number of anilines is 2. The van der Waals surface area contributed by atoms with E-state index in [9.17, 15) is 0 Å². The van der Waals surface area contributed by atoms with Crippen LogP contribution in [0.4, 0.5) is 11.8 Å². The van der Waals surface area contributed by atoms with Crippen LogP contribution in [0.2, 0.25) is 0 Å². The molecule has 0 amide bonds. The van der Waals surface area contributed by atoms with Crippen molar-refractivity contribution in [2.24, 2.45) is 0 Å². The van der Waals surface area contributed by atoms with Gasteiger partial charge in [0.25, 0.3) is 0 Å². The van der Waals surface area contributed by atoms with Gasteiger partial charge >= 0.3 is 0 Å². The molecule has 3 aromatic rings. The van der Waals surface area contributed by atoms with Crippen molar-refractivity contribution in [1.82, 2.24) is 9.97 Å². The van der Waals surface area contributed by atoms with E-state index >= 15 is 0 Å². The number of fused-ring (bicyclic) bond motifs is 1. The van der Waals surface area contributed by atoms with Crippen molar-refractivity contribution < 1.29 is 0 Å². The lowest BCUT2D eigenvalue weighted by Crippen LogP contribution is -2.08. The predicted octanol–water partition coefficient (Wildman–Crippen LogP) is 3.39. The Morgan fingerprint density at radius 3 is 2.80 bits per heavy atom. The van der Waals surface area contributed by atoms with Crippen molar-refractivity contribution in [1.29, 1.82) is 0 Å². The fourth-order valence-corrected chi connectivity index (χ4v) is 2.79. The van der Waals surface area contributed by atoms with E-state index in [1.165, 1.54) is 4.88 Å². The molecule has 0 radical (unpaired) electrons. The molecule has 4 nitrogen and oxygen atoms in total. The Balaban J connectivity index is 1.82. The van der Waals surface area contributed by atoms with Gasteiger partial charge in [0.15, 0.2) is 0 Å². The van der Waals surface area contributed by atoms with Gasteiger partial charge in [0, 0.05) is 23.9 Å². The minimum atomic E-state index is 0.641. The molecular formula is C15H16N4S. The molecule has 0 aliphatic carbocycles. The number of benzene rings is 1. The lowest BCUT2D eigenvalue weighted by atomic mass is 10.2. The Morgan fingerprint density at radius 2 is 2.00 bits per heavy atom. The van der Waals surface area contributed by atoms with E-state index in [4.69, 9.17) is 0 Å². The molecule has 2 N–H and O–H groups in total. The summed E-state index contributed by atoms with van der Waals surface area (Å²) in [5.74, 6) is 1.53. The molecule has 0 unspecified atom stereocenters. The third-order valence-electron chi connectivity index (χ3n) is 3.07. The van der Waals surface area contributed by atoms with Gasteiger partial charge in [0.05, 0.1) is 5.52 Å². The average molecular weight is 284 g/mol. The highest BCUT2D eigenvalue weighted by Gasteiger charge is 2.06. The minimum absolute atomic E-state index is 0.641. The molecule has 2 aromatic heterocycles. The Kier molecular flexibility index (Phi) is 3.78. The zero-order chi connectivity index (χ0) is 13.8. The molecular weight excluding hydrogens is 268 g/mol. The molecule has 5 heteroatoms. The first kappa shape index (κ1) is 12.9. The van der Waals surface area contributed by atoms with Gasteiger partial charge in [-0.05, 0) is 30.0 Å². The van der Waals surface area contributed by atoms with E-state index < -0.39 is 0 Å². The zero-order valence-corrected chi connectivity index (χ0v) is 12.1. The van der Waals surface area contributed by atoms with E-state index in [0.717, 1.165) is 29.7 Å². The van der Waals surface area contributed by atoms with Crippen LogP contribution in [0.1, 0.15) is 4.88 Å². The predicted molar refractivity (Wildman–Crippen MR) is 85.6 cm³/mol.